The lowest BCUT2D eigenvalue weighted by atomic mass is 9.79. The van der Waals surface area contributed by atoms with Crippen molar-refractivity contribution < 1.29 is 4.39 Å². The summed E-state index contributed by atoms with van der Waals surface area (Å²) in [5.41, 5.74) is 1.45. The molecule has 0 fully saturated rings. The summed E-state index contributed by atoms with van der Waals surface area (Å²) in [6.45, 7) is 10.0. The predicted molar refractivity (Wildman–Crippen MR) is 76.3 cm³/mol. The first-order valence-corrected chi connectivity index (χ1v) is 6.97. The van der Waals surface area contributed by atoms with Gasteiger partial charge in [-0.05, 0) is 48.9 Å². The van der Waals surface area contributed by atoms with Crippen LogP contribution in [0.3, 0.4) is 0 Å². The van der Waals surface area contributed by atoms with Crippen LogP contribution in [0, 0.1) is 11.2 Å². The van der Waals surface area contributed by atoms with E-state index in [4.69, 9.17) is 0 Å². The zero-order chi connectivity index (χ0) is 13.6. The standard InChI is InChI=1S/C16H26FN/c1-5-11-18-15(16(3,4)6-2)12-13-7-9-14(17)10-8-13/h7-10,15,18H,5-6,11-12H2,1-4H3. The van der Waals surface area contributed by atoms with Crippen LogP contribution in [0.25, 0.3) is 0 Å². The van der Waals surface area contributed by atoms with Crippen LogP contribution in [0.2, 0.25) is 0 Å². The molecule has 1 aromatic rings. The van der Waals surface area contributed by atoms with Crippen LogP contribution in [0.1, 0.15) is 46.1 Å². The van der Waals surface area contributed by atoms with Gasteiger partial charge in [0.15, 0.2) is 0 Å². The number of hydrogen-bond donors (Lipinski definition) is 1. The maximum atomic E-state index is 12.9. The molecule has 1 N–H and O–H groups in total. The second kappa shape index (κ2) is 6.89. The molecule has 18 heavy (non-hydrogen) atoms. The van der Waals surface area contributed by atoms with Crippen LogP contribution in [0.4, 0.5) is 4.39 Å². The topological polar surface area (TPSA) is 12.0 Å². The fraction of sp³-hybridized carbons (Fsp3) is 0.625. The molecule has 1 rings (SSSR count). The van der Waals surface area contributed by atoms with Crippen molar-refractivity contribution in [1.82, 2.24) is 5.32 Å². The molecule has 0 aromatic heterocycles. The van der Waals surface area contributed by atoms with Crippen LogP contribution in [0.5, 0.6) is 0 Å². The van der Waals surface area contributed by atoms with Crippen molar-refractivity contribution in [2.75, 3.05) is 6.54 Å². The first kappa shape index (κ1) is 15.2. The van der Waals surface area contributed by atoms with E-state index in [2.05, 4.69) is 33.0 Å². The van der Waals surface area contributed by atoms with Crippen LogP contribution < -0.4 is 5.32 Å². The van der Waals surface area contributed by atoms with Crippen LogP contribution in [-0.2, 0) is 6.42 Å². The molecule has 0 saturated heterocycles. The largest absolute Gasteiger partial charge is 0.313 e. The van der Waals surface area contributed by atoms with Crippen molar-refractivity contribution in [2.24, 2.45) is 5.41 Å². The van der Waals surface area contributed by atoms with E-state index in [0.717, 1.165) is 25.8 Å². The third kappa shape index (κ3) is 4.41. The SMILES string of the molecule is CCCNC(Cc1ccc(F)cc1)C(C)(C)CC. The fourth-order valence-electron chi connectivity index (χ4n) is 2.05. The summed E-state index contributed by atoms with van der Waals surface area (Å²) in [6, 6.07) is 7.31. The number of benzene rings is 1. The van der Waals surface area contributed by atoms with Crippen molar-refractivity contribution >= 4 is 0 Å². The second-order valence-corrected chi connectivity index (χ2v) is 5.68. The summed E-state index contributed by atoms with van der Waals surface area (Å²) < 4.78 is 12.9. The third-order valence-corrected chi connectivity index (χ3v) is 3.85. The normalized spacial score (nSPS) is 13.6. The Morgan fingerprint density at radius 3 is 2.28 bits per heavy atom. The van der Waals surface area contributed by atoms with Crippen LogP contribution in [0.15, 0.2) is 24.3 Å². The highest BCUT2D eigenvalue weighted by Gasteiger charge is 2.27. The van der Waals surface area contributed by atoms with Crippen LogP contribution >= 0.6 is 0 Å². The minimum Gasteiger partial charge on any atom is -0.313 e. The summed E-state index contributed by atoms with van der Waals surface area (Å²) >= 11 is 0. The summed E-state index contributed by atoms with van der Waals surface area (Å²) in [5, 5.41) is 3.63. The molecule has 102 valence electrons. The van der Waals surface area contributed by atoms with Crippen molar-refractivity contribution in [3.63, 3.8) is 0 Å². The maximum Gasteiger partial charge on any atom is 0.123 e. The maximum absolute atomic E-state index is 12.9. The Kier molecular flexibility index (Phi) is 5.80. The molecular formula is C16H26FN. The number of hydrogen-bond acceptors (Lipinski definition) is 1. The average Bonchev–Trinajstić information content (AvgIpc) is 2.36. The van der Waals surface area contributed by atoms with Crippen LogP contribution in [-0.4, -0.2) is 12.6 Å². The number of nitrogens with one attached hydrogen (secondary N) is 1. The molecule has 0 aliphatic carbocycles. The highest BCUT2D eigenvalue weighted by atomic mass is 19.1. The van der Waals surface area contributed by atoms with Gasteiger partial charge >= 0.3 is 0 Å². The number of halogens is 1. The van der Waals surface area contributed by atoms with Crippen molar-refractivity contribution in [1.29, 1.82) is 0 Å². The lowest BCUT2D eigenvalue weighted by Crippen LogP contribution is -2.43. The van der Waals surface area contributed by atoms with E-state index in [0.29, 0.717) is 6.04 Å². The van der Waals surface area contributed by atoms with Gasteiger partial charge in [0.1, 0.15) is 5.82 Å². The second-order valence-electron chi connectivity index (χ2n) is 5.68. The Morgan fingerprint density at radius 1 is 1.17 bits per heavy atom. The van der Waals surface area contributed by atoms with Crippen molar-refractivity contribution in [3.8, 4) is 0 Å². The minimum absolute atomic E-state index is 0.161. The zero-order valence-corrected chi connectivity index (χ0v) is 12.1. The minimum atomic E-state index is -0.161. The Hall–Kier alpha value is -0.890. The van der Waals surface area contributed by atoms with E-state index < -0.39 is 0 Å². The molecular weight excluding hydrogens is 225 g/mol. The predicted octanol–water partition coefficient (Wildman–Crippen LogP) is 4.17. The van der Waals surface area contributed by atoms with Gasteiger partial charge in [0.2, 0.25) is 0 Å². The smallest absolute Gasteiger partial charge is 0.123 e. The highest BCUT2D eigenvalue weighted by molar-refractivity contribution is 5.17. The lowest BCUT2D eigenvalue weighted by Gasteiger charge is -2.34. The lowest BCUT2D eigenvalue weighted by molar-refractivity contribution is 0.230. The molecule has 0 spiro atoms. The monoisotopic (exact) mass is 251 g/mol. The average molecular weight is 251 g/mol. The Labute approximate surface area is 111 Å². The summed E-state index contributed by atoms with van der Waals surface area (Å²) in [7, 11) is 0. The van der Waals surface area contributed by atoms with E-state index >= 15 is 0 Å². The van der Waals surface area contributed by atoms with E-state index in [1.807, 2.05) is 12.1 Å². The van der Waals surface area contributed by atoms with Gasteiger partial charge in [0.25, 0.3) is 0 Å². The molecule has 0 heterocycles. The third-order valence-electron chi connectivity index (χ3n) is 3.85. The molecule has 0 bridgehead atoms. The van der Waals surface area contributed by atoms with Gasteiger partial charge < -0.3 is 5.32 Å². The molecule has 0 amide bonds. The van der Waals surface area contributed by atoms with Crippen molar-refractivity contribution in [2.45, 2.75) is 53.0 Å². The zero-order valence-electron chi connectivity index (χ0n) is 12.1. The molecule has 1 nitrogen and oxygen atoms in total. The molecule has 0 aliphatic heterocycles. The van der Waals surface area contributed by atoms with E-state index in [9.17, 15) is 4.39 Å². The molecule has 0 saturated carbocycles. The Bertz CT molecular complexity index is 343. The first-order valence-electron chi connectivity index (χ1n) is 6.97. The summed E-state index contributed by atoms with van der Waals surface area (Å²) in [6.07, 6.45) is 3.23. The highest BCUT2D eigenvalue weighted by Crippen LogP contribution is 2.27. The van der Waals surface area contributed by atoms with E-state index in [1.165, 1.54) is 5.56 Å². The Morgan fingerprint density at radius 2 is 1.78 bits per heavy atom. The van der Waals surface area contributed by atoms with E-state index in [-0.39, 0.29) is 11.2 Å². The van der Waals surface area contributed by atoms with Gasteiger partial charge in [-0.2, -0.15) is 0 Å². The van der Waals surface area contributed by atoms with Gasteiger partial charge in [0, 0.05) is 6.04 Å². The quantitative estimate of drug-likeness (QED) is 0.767. The molecule has 1 aromatic carbocycles. The van der Waals surface area contributed by atoms with Gasteiger partial charge in [-0.15, -0.1) is 0 Å². The number of rotatable bonds is 7. The van der Waals surface area contributed by atoms with Gasteiger partial charge in [0.05, 0.1) is 0 Å². The molecule has 0 radical (unpaired) electrons. The Balaban J connectivity index is 2.74. The van der Waals surface area contributed by atoms with Gasteiger partial charge in [-0.25, -0.2) is 4.39 Å². The fourth-order valence-corrected chi connectivity index (χ4v) is 2.05. The summed E-state index contributed by atoms with van der Waals surface area (Å²) in [5.74, 6) is -0.161. The van der Waals surface area contributed by atoms with Gasteiger partial charge in [-0.1, -0.05) is 39.8 Å². The molecule has 1 unspecified atom stereocenters. The van der Waals surface area contributed by atoms with Crippen molar-refractivity contribution in [3.05, 3.63) is 35.6 Å². The van der Waals surface area contributed by atoms with E-state index in [1.54, 1.807) is 12.1 Å². The molecule has 2 heteroatoms. The first-order chi connectivity index (χ1) is 8.49. The molecule has 0 aliphatic rings. The summed E-state index contributed by atoms with van der Waals surface area (Å²) in [4.78, 5) is 0. The van der Waals surface area contributed by atoms with Gasteiger partial charge in [-0.3, -0.25) is 0 Å². The molecule has 1 atom stereocenters.